The predicted octanol–water partition coefficient (Wildman–Crippen LogP) is 0.0375. The van der Waals surface area contributed by atoms with Crippen LogP contribution >= 0.6 is 0 Å². The molecule has 0 saturated carbocycles. The minimum atomic E-state index is -2.54. The Morgan fingerprint density at radius 3 is 2.00 bits per heavy atom. The van der Waals surface area contributed by atoms with Gasteiger partial charge in [0.15, 0.2) is 0 Å². The van der Waals surface area contributed by atoms with Crippen LogP contribution in [0.25, 0.3) is 0 Å². The van der Waals surface area contributed by atoms with E-state index in [0.29, 0.717) is 12.5 Å². The fourth-order valence-corrected chi connectivity index (χ4v) is 2.27. The molecule has 5 nitrogen and oxygen atoms in total. The third-order valence-corrected chi connectivity index (χ3v) is 4.21. The number of hydrogen-bond acceptors (Lipinski definition) is 5. The van der Waals surface area contributed by atoms with Crippen LogP contribution in [0.3, 0.4) is 0 Å². The Kier molecular flexibility index (Phi) is 5.90. The molecule has 0 aromatic rings. The first-order valence-electron chi connectivity index (χ1n) is 3.45. The molecule has 0 radical (unpaired) electrons. The highest BCUT2D eigenvalue weighted by atomic mass is 28.4. The maximum atomic E-state index is 9.83. The molecule has 0 atom stereocenters. The molecule has 6 heteroatoms. The molecule has 0 aliphatic rings. The first-order valence-corrected chi connectivity index (χ1v) is 5.38. The van der Waals surface area contributed by atoms with E-state index in [-0.39, 0.29) is 6.61 Å². The lowest BCUT2D eigenvalue weighted by Crippen LogP contribution is -2.43. The Morgan fingerprint density at radius 1 is 1.17 bits per heavy atom. The molecule has 0 aliphatic carbocycles. The third-order valence-electron chi connectivity index (χ3n) is 1.53. The fraction of sp³-hybridized carbons (Fsp3) is 0.833. The second-order valence-electron chi connectivity index (χ2n) is 2.01. The van der Waals surface area contributed by atoms with E-state index in [0.717, 1.165) is 0 Å². The van der Waals surface area contributed by atoms with Crippen molar-refractivity contribution in [1.82, 2.24) is 0 Å². The molecule has 0 aromatic heterocycles. The van der Waals surface area contributed by atoms with Gasteiger partial charge in [0.1, 0.15) is 0 Å². The Morgan fingerprint density at radius 2 is 1.67 bits per heavy atom. The zero-order valence-corrected chi connectivity index (χ0v) is 8.53. The molecular formula is C6H14O5Si. The number of carbonyl (C=O) groups excluding carboxylic acids is 1. The van der Waals surface area contributed by atoms with Gasteiger partial charge in [-0.05, 0) is 0 Å². The largest absolute Gasteiger partial charge is 0.503 e. The highest BCUT2D eigenvalue weighted by molar-refractivity contribution is 6.60. The van der Waals surface area contributed by atoms with Gasteiger partial charge in [0.05, 0.1) is 12.7 Å². The summed E-state index contributed by atoms with van der Waals surface area (Å²) in [7, 11) is 2.00. The van der Waals surface area contributed by atoms with Crippen molar-refractivity contribution in [3.63, 3.8) is 0 Å². The summed E-state index contributed by atoms with van der Waals surface area (Å²) in [5.74, 6) is 0. The van der Waals surface area contributed by atoms with Gasteiger partial charge < -0.3 is 18.0 Å². The molecule has 0 amide bonds. The Hall–Kier alpha value is -0.433. The normalized spacial score (nSPS) is 11.2. The Bertz CT molecular complexity index is 117. The minimum Gasteiger partial charge on any atom is -0.468 e. The second-order valence-corrected chi connectivity index (χ2v) is 5.10. The molecule has 0 N–H and O–H groups in total. The molecule has 0 aliphatic heterocycles. The average molecular weight is 194 g/mol. The molecule has 0 spiro atoms. The molecule has 0 aromatic carbocycles. The Labute approximate surface area is 72.9 Å². The lowest BCUT2D eigenvalue weighted by atomic mass is 10.9. The predicted molar refractivity (Wildman–Crippen MR) is 43.6 cm³/mol. The molecule has 0 heterocycles. The first-order chi connectivity index (χ1) is 5.74. The summed E-state index contributed by atoms with van der Waals surface area (Å²) in [5.41, 5.74) is 0. The summed E-state index contributed by atoms with van der Waals surface area (Å²) in [6.45, 7) is 0.644. The smallest absolute Gasteiger partial charge is 0.468 e. The van der Waals surface area contributed by atoms with Crippen LogP contribution in [-0.4, -0.2) is 43.2 Å². The van der Waals surface area contributed by atoms with E-state index in [9.17, 15) is 4.79 Å². The van der Waals surface area contributed by atoms with Gasteiger partial charge in [-0.25, -0.2) is 0 Å². The SMILES string of the molecule is CO[Si](CCOC=O)(OC)OC. The summed E-state index contributed by atoms with van der Waals surface area (Å²) in [5, 5.41) is 0. The van der Waals surface area contributed by atoms with Crippen LogP contribution in [0.4, 0.5) is 0 Å². The Balaban J connectivity index is 3.84. The van der Waals surface area contributed by atoms with Crippen LogP contribution < -0.4 is 0 Å². The van der Waals surface area contributed by atoms with Crippen LogP contribution in [0.5, 0.6) is 0 Å². The van der Waals surface area contributed by atoms with E-state index in [1.165, 1.54) is 21.3 Å². The standard InChI is InChI=1S/C6H14O5Si/c1-8-12(9-2,10-3)5-4-11-6-7/h6H,4-5H2,1-3H3. The van der Waals surface area contributed by atoms with Crippen LogP contribution in [0.1, 0.15) is 0 Å². The quantitative estimate of drug-likeness (QED) is 0.325. The minimum absolute atomic E-state index is 0.255. The van der Waals surface area contributed by atoms with Gasteiger partial charge in [-0.1, -0.05) is 0 Å². The molecule has 0 saturated heterocycles. The molecule has 12 heavy (non-hydrogen) atoms. The van der Waals surface area contributed by atoms with Gasteiger partial charge in [0.25, 0.3) is 6.47 Å². The molecular weight excluding hydrogens is 180 g/mol. The topological polar surface area (TPSA) is 54.0 Å². The van der Waals surface area contributed by atoms with Crippen molar-refractivity contribution in [1.29, 1.82) is 0 Å². The van der Waals surface area contributed by atoms with Gasteiger partial charge in [0.2, 0.25) is 0 Å². The number of rotatable bonds is 7. The highest BCUT2D eigenvalue weighted by Crippen LogP contribution is 2.11. The summed E-state index contributed by atoms with van der Waals surface area (Å²) >= 11 is 0. The number of carbonyl (C=O) groups is 1. The maximum Gasteiger partial charge on any atom is 0.503 e. The third kappa shape index (κ3) is 3.31. The fourth-order valence-electron chi connectivity index (χ4n) is 0.788. The monoisotopic (exact) mass is 194 g/mol. The average Bonchev–Trinajstić information content (AvgIpc) is 2.14. The molecule has 0 fully saturated rings. The van der Waals surface area contributed by atoms with E-state index in [1.54, 1.807) is 0 Å². The highest BCUT2D eigenvalue weighted by Gasteiger charge is 2.37. The second kappa shape index (κ2) is 6.12. The van der Waals surface area contributed by atoms with E-state index in [4.69, 9.17) is 13.3 Å². The van der Waals surface area contributed by atoms with Crippen molar-refractivity contribution >= 4 is 15.3 Å². The van der Waals surface area contributed by atoms with E-state index in [2.05, 4.69) is 4.74 Å². The summed E-state index contributed by atoms with van der Waals surface area (Å²) < 4.78 is 19.8. The zero-order valence-electron chi connectivity index (χ0n) is 7.53. The van der Waals surface area contributed by atoms with Gasteiger partial charge in [-0.3, -0.25) is 4.79 Å². The van der Waals surface area contributed by atoms with Gasteiger partial charge in [-0.15, -0.1) is 0 Å². The van der Waals surface area contributed by atoms with E-state index < -0.39 is 8.80 Å². The molecule has 0 bridgehead atoms. The maximum absolute atomic E-state index is 9.83. The molecule has 72 valence electrons. The van der Waals surface area contributed by atoms with Crippen molar-refractivity contribution in [2.24, 2.45) is 0 Å². The number of hydrogen-bond donors (Lipinski definition) is 0. The van der Waals surface area contributed by atoms with Crippen LogP contribution in [0.15, 0.2) is 0 Å². The summed E-state index contributed by atoms with van der Waals surface area (Å²) in [6.07, 6.45) is 0. The molecule has 0 unspecified atom stereocenters. The zero-order chi connectivity index (χ0) is 9.45. The van der Waals surface area contributed by atoms with Gasteiger partial charge in [-0.2, -0.15) is 0 Å². The van der Waals surface area contributed by atoms with Crippen LogP contribution in [-0.2, 0) is 22.8 Å². The van der Waals surface area contributed by atoms with E-state index in [1.807, 2.05) is 0 Å². The lowest BCUT2D eigenvalue weighted by molar-refractivity contribution is -0.128. The van der Waals surface area contributed by atoms with Crippen LogP contribution in [0, 0.1) is 0 Å². The van der Waals surface area contributed by atoms with Crippen molar-refractivity contribution in [2.45, 2.75) is 6.04 Å². The first kappa shape index (κ1) is 11.6. The van der Waals surface area contributed by atoms with Crippen molar-refractivity contribution < 1.29 is 22.8 Å². The lowest BCUT2D eigenvalue weighted by Gasteiger charge is -2.23. The van der Waals surface area contributed by atoms with Crippen molar-refractivity contribution in [2.75, 3.05) is 27.9 Å². The summed E-state index contributed by atoms with van der Waals surface area (Å²) in [6, 6.07) is 0.468. The number of ether oxygens (including phenoxy) is 1. The van der Waals surface area contributed by atoms with Gasteiger partial charge in [0, 0.05) is 21.3 Å². The van der Waals surface area contributed by atoms with Gasteiger partial charge >= 0.3 is 8.80 Å². The van der Waals surface area contributed by atoms with Crippen LogP contribution in [0.2, 0.25) is 6.04 Å². The van der Waals surface area contributed by atoms with Crippen molar-refractivity contribution in [3.05, 3.63) is 0 Å². The molecule has 0 rings (SSSR count). The van der Waals surface area contributed by atoms with E-state index >= 15 is 0 Å². The van der Waals surface area contributed by atoms with Crippen molar-refractivity contribution in [3.8, 4) is 0 Å². The summed E-state index contributed by atoms with van der Waals surface area (Å²) in [4.78, 5) is 9.83.